The molecule has 2 N–H and O–H groups in total. The molecule has 1 aliphatic rings. The number of carbonyl (C=O) groups excluding carboxylic acids is 3. The van der Waals surface area contributed by atoms with E-state index in [1.807, 2.05) is 48.5 Å². The third kappa shape index (κ3) is 5.92. The molecule has 34 heavy (non-hydrogen) atoms. The molecule has 0 heterocycles. The highest BCUT2D eigenvalue weighted by Crippen LogP contribution is 2.44. The third-order valence-electron chi connectivity index (χ3n) is 5.84. The van der Waals surface area contributed by atoms with E-state index in [-0.39, 0.29) is 38.3 Å². The number of nitrogens with zero attached hydrogens (tertiary/aromatic N) is 1. The van der Waals surface area contributed by atoms with Gasteiger partial charge in [-0.25, -0.2) is 4.79 Å². The topological polar surface area (TPSA) is 122 Å². The first-order chi connectivity index (χ1) is 16.3. The summed E-state index contributed by atoms with van der Waals surface area (Å²) in [5.41, 5.74) is 4.29. The van der Waals surface area contributed by atoms with E-state index in [1.54, 1.807) is 0 Å². The maximum atomic E-state index is 12.8. The van der Waals surface area contributed by atoms with Gasteiger partial charge in [-0.2, -0.15) is 0 Å². The van der Waals surface area contributed by atoms with Crippen LogP contribution in [0.25, 0.3) is 11.1 Å². The summed E-state index contributed by atoms with van der Waals surface area (Å²) >= 11 is 0. The van der Waals surface area contributed by atoms with Crippen molar-refractivity contribution in [2.24, 2.45) is 0 Å². The normalized spacial score (nSPS) is 12.8. The number of alkyl carbamates (subject to hydrolysis) is 1. The average Bonchev–Trinajstić information content (AvgIpc) is 3.16. The van der Waals surface area contributed by atoms with Crippen LogP contribution in [-0.2, 0) is 23.9 Å². The van der Waals surface area contributed by atoms with Crippen molar-refractivity contribution in [3.8, 4) is 11.1 Å². The molecule has 0 spiro atoms. The van der Waals surface area contributed by atoms with Crippen molar-refractivity contribution in [3.05, 3.63) is 59.7 Å². The quantitative estimate of drug-likeness (QED) is 0.514. The molecular weight excluding hydrogens is 440 g/mol. The van der Waals surface area contributed by atoms with Crippen LogP contribution >= 0.6 is 0 Å². The van der Waals surface area contributed by atoms with Crippen LogP contribution in [0.1, 0.15) is 36.3 Å². The summed E-state index contributed by atoms with van der Waals surface area (Å²) < 4.78 is 10.1. The lowest BCUT2D eigenvalue weighted by molar-refractivity contribution is -0.141. The molecule has 0 radical (unpaired) electrons. The Labute approximate surface area is 197 Å². The number of amides is 2. The van der Waals surface area contributed by atoms with Crippen molar-refractivity contribution in [1.29, 1.82) is 0 Å². The van der Waals surface area contributed by atoms with Crippen molar-refractivity contribution >= 4 is 23.9 Å². The summed E-state index contributed by atoms with van der Waals surface area (Å²) in [6.45, 7) is 0.138. The Bertz CT molecular complexity index is 1020. The first kappa shape index (κ1) is 24.8. The van der Waals surface area contributed by atoms with Crippen molar-refractivity contribution in [3.63, 3.8) is 0 Å². The zero-order chi connectivity index (χ0) is 24.7. The van der Waals surface area contributed by atoms with E-state index < -0.39 is 30.0 Å². The number of carboxylic acid groups (broad SMARTS) is 1. The summed E-state index contributed by atoms with van der Waals surface area (Å²) in [5, 5.41) is 11.5. The Morgan fingerprint density at radius 1 is 1.00 bits per heavy atom. The molecule has 0 saturated heterocycles. The van der Waals surface area contributed by atoms with E-state index in [1.165, 1.54) is 19.1 Å². The van der Waals surface area contributed by atoms with Crippen LogP contribution < -0.4 is 5.32 Å². The molecule has 2 aromatic carbocycles. The molecule has 3 rings (SSSR count). The predicted octanol–water partition coefficient (Wildman–Crippen LogP) is 2.78. The molecule has 180 valence electrons. The maximum Gasteiger partial charge on any atom is 0.407 e. The molecular formula is C25H28N2O7. The van der Waals surface area contributed by atoms with Crippen molar-refractivity contribution in [1.82, 2.24) is 10.2 Å². The number of esters is 1. The number of carboxylic acids is 1. The second-order valence-electron chi connectivity index (χ2n) is 8.04. The van der Waals surface area contributed by atoms with Crippen molar-refractivity contribution < 1.29 is 33.8 Å². The number of aliphatic carboxylic acids is 1. The fraction of sp³-hybridized carbons (Fsp3) is 0.360. The van der Waals surface area contributed by atoms with Crippen LogP contribution in [0.2, 0.25) is 0 Å². The van der Waals surface area contributed by atoms with Gasteiger partial charge in [-0.3, -0.25) is 14.4 Å². The van der Waals surface area contributed by atoms with Gasteiger partial charge in [0.25, 0.3) is 0 Å². The predicted molar refractivity (Wildman–Crippen MR) is 123 cm³/mol. The fourth-order valence-corrected chi connectivity index (χ4v) is 4.04. The molecule has 0 aliphatic heterocycles. The Hall–Kier alpha value is -3.88. The standard InChI is InChI=1S/C25H28N2O7/c1-27(14-13-23(30)33-2)24(31)21(11-12-22(28)29)26-25(32)34-15-20-18-9-5-3-7-16(18)17-8-4-6-10-19(17)20/h3-10,20-21H,11-15H2,1-2H3,(H,26,32)(H,28,29). The number of methoxy groups -OCH3 is 1. The summed E-state index contributed by atoms with van der Waals surface area (Å²) in [4.78, 5) is 49.0. The SMILES string of the molecule is COC(=O)CCN(C)C(=O)C(CCC(=O)O)NC(=O)OCC1c2ccccc2-c2ccccc21. The molecule has 2 amide bonds. The van der Waals surface area contributed by atoms with Gasteiger partial charge in [-0.1, -0.05) is 48.5 Å². The Balaban J connectivity index is 1.65. The van der Waals surface area contributed by atoms with Crippen LogP contribution in [0.5, 0.6) is 0 Å². The minimum absolute atomic E-state index is 0.0185. The van der Waals surface area contributed by atoms with Crippen LogP contribution in [0.3, 0.4) is 0 Å². The number of rotatable bonds is 10. The van der Waals surface area contributed by atoms with Gasteiger partial charge in [-0.15, -0.1) is 0 Å². The molecule has 1 aliphatic carbocycles. The maximum absolute atomic E-state index is 12.8. The summed E-state index contributed by atoms with van der Waals surface area (Å²) in [6, 6.07) is 14.7. The molecule has 1 atom stereocenters. The zero-order valence-corrected chi connectivity index (χ0v) is 19.2. The summed E-state index contributed by atoms with van der Waals surface area (Å²) in [7, 11) is 2.72. The first-order valence-electron chi connectivity index (χ1n) is 11.0. The lowest BCUT2D eigenvalue weighted by Crippen LogP contribution is -2.48. The number of hydrogen-bond donors (Lipinski definition) is 2. The van der Waals surface area contributed by atoms with Gasteiger partial charge < -0.3 is 24.8 Å². The van der Waals surface area contributed by atoms with E-state index in [0.717, 1.165) is 22.3 Å². The lowest BCUT2D eigenvalue weighted by atomic mass is 9.98. The van der Waals surface area contributed by atoms with Crippen LogP contribution in [0.4, 0.5) is 4.79 Å². The molecule has 2 aromatic rings. The van der Waals surface area contributed by atoms with Gasteiger partial charge >= 0.3 is 18.0 Å². The molecule has 1 unspecified atom stereocenters. The average molecular weight is 469 g/mol. The second-order valence-corrected chi connectivity index (χ2v) is 8.04. The number of nitrogens with one attached hydrogen (secondary N) is 1. The summed E-state index contributed by atoms with van der Waals surface area (Å²) in [6.07, 6.45) is -1.26. The zero-order valence-electron chi connectivity index (χ0n) is 19.2. The molecule has 0 saturated carbocycles. The Morgan fingerprint density at radius 2 is 1.59 bits per heavy atom. The number of hydrogen-bond acceptors (Lipinski definition) is 6. The van der Waals surface area contributed by atoms with E-state index in [4.69, 9.17) is 9.84 Å². The molecule has 9 heteroatoms. The highest BCUT2D eigenvalue weighted by Gasteiger charge is 2.30. The Morgan fingerprint density at radius 3 is 2.15 bits per heavy atom. The van der Waals surface area contributed by atoms with Crippen LogP contribution in [0, 0.1) is 0 Å². The number of ether oxygens (including phenoxy) is 2. The minimum Gasteiger partial charge on any atom is -0.481 e. The van der Waals surface area contributed by atoms with Gasteiger partial charge in [-0.05, 0) is 28.7 Å². The van der Waals surface area contributed by atoms with Gasteiger partial charge in [0.05, 0.1) is 13.5 Å². The van der Waals surface area contributed by atoms with E-state index >= 15 is 0 Å². The first-order valence-corrected chi connectivity index (χ1v) is 11.0. The number of carbonyl (C=O) groups is 4. The lowest BCUT2D eigenvalue weighted by Gasteiger charge is -2.24. The van der Waals surface area contributed by atoms with E-state index in [0.29, 0.717) is 0 Å². The minimum atomic E-state index is -1.10. The van der Waals surface area contributed by atoms with Gasteiger partial charge in [0.1, 0.15) is 12.6 Å². The molecule has 0 aromatic heterocycles. The van der Waals surface area contributed by atoms with E-state index in [9.17, 15) is 19.2 Å². The highest BCUT2D eigenvalue weighted by atomic mass is 16.5. The van der Waals surface area contributed by atoms with Crippen LogP contribution in [0.15, 0.2) is 48.5 Å². The number of likely N-dealkylation sites (N-methyl/N-ethyl adjacent to an activating group) is 1. The number of benzene rings is 2. The highest BCUT2D eigenvalue weighted by molar-refractivity contribution is 5.86. The van der Waals surface area contributed by atoms with Gasteiger partial charge in [0.2, 0.25) is 5.91 Å². The fourth-order valence-electron chi connectivity index (χ4n) is 4.04. The van der Waals surface area contributed by atoms with Gasteiger partial charge in [0.15, 0.2) is 0 Å². The van der Waals surface area contributed by atoms with Crippen molar-refractivity contribution in [2.45, 2.75) is 31.2 Å². The molecule has 9 nitrogen and oxygen atoms in total. The molecule has 0 bridgehead atoms. The molecule has 0 fully saturated rings. The van der Waals surface area contributed by atoms with Crippen LogP contribution in [-0.4, -0.2) is 67.3 Å². The van der Waals surface area contributed by atoms with Crippen molar-refractivity contribution in [2.75, 3.05) is 27.3 Å². The summed E-state index contributed by atoms with van der Waals surface area (Å²) in [5.74, 6) is -2.23. The Kier molecular flexibility index (Phi) is 8.24. The van der Waals surface area contributed by atoms with Gasteiger partial charge in [0, 0.05) is 25.9 Å². The third-order valence-corrected chi connectivity index (χ3v) is 5.84. The second kappa shape index (κ2) is 11.3. The largest absolute Gasteiger partial charge is 0.481 e. The monoisotopic (exact) mass is 468 g/mol. The smallest absolute Gasteiger partial charge is 0.407 e. The number of fused-ring (bicyclic) bond motifs is 3. The van der Waals surface area contributed by atoms with E-state index in [2.05, 4.69) is 10.1 Å².